The van der Waals surface area contributed by atoms with E-state index in [1.807, 2.05) is 6.92 Å². The molecule has 2 aromatic carbocycles. The third kappa shape index (κ3) is 3.94. The molecule has 7 nitrogen and oxygen atoms in total. The Morgan fingerprint density at radius 1 is 1.10 bits per heavy atom. The molecule has 154 valence electrons. The van der Waals surface area contributed by atoms with Crippen LogP contribution in [0.2, 0.25) is 5.02 Å². The number of urea groups is 1. The minimum Gasteiger partial charge on any atom is -0.335 e. The molecule has 0 bridgehead atoms. The van der Waals surface area contributed by atoms with Crippen molar-refractivity contribution in [2.24, 2.45) is 0 Å². The SMILES string of the molecule is Cc1ccc(NC(=O)Nc2ccc(Cl)c(C(F)(F)F)c2)cc1-c1nc2[nH]ncc2[nH]1. The van der Waals surface area contributed by atoms with Crippen LogP contribution in [0.15, 0.2) is 42.6 Å². The fraction of sp³-hybridized carbons (Fsp3) is 0.105. The van der Waals surface area contributed by atoms with Crippen LogP contribution in [-0.2, 0) is 6.18 Å². The number of imidazole rings is 1. The second kappa shape index (κ2) is 7.38. The number of nitrogens with zero attached hydrogens (tertiary/aromatic N) is 2. The summed E-state index contributed by atoms with van der Waals surface area (Å²) in [4.78, 5) is 19.8. The number of aryl methyl sites for hydroxylation is 1. The van der Waals surface area contributed by atoms with E-state index in [1.165, 1.54) is 6.07 Å². The fourth-order valence-electron chi connectivity index (χ4n) is 2.92. The van der Waals surface area contributed by atoms with Gasteiger partial charge >= 0.3 is 12.2 Å². The first kappa shape index (κ1) is 19.8. The summed E-state index contributed by atoms with van der Waals surface area (Å²) >= 11 is 5.60. The van der Waals surface area contributed by atoms with Crippen LogP contribution in [0.25, 0.3) is 22.6 Å². The number of amides is 2. The van der Waals surface area contributed by atoms with Crippen LogP contribution in [-0.4, -0.2) is 26.2 Å². The molecule has 0 saturated carbocycles. The smallest absolute Gasteiger partial charge is 0.335 e. The number of nitrogens with one attached hydrogen (secondary N) is 4. The van der Waals surface area contributed by atoms with Gasteiger partial charge in [0, 0.05) is 16.9 Å². The first-order valence-corrected chi connectivity index (χ1v) is 9.03. The van der Waals surface area contributed by atoms with E-state index in [2.05, 4.69) is 30.8 Å². The van der Waals surface area contributed by atoms with Gasteiger partial charge in [-0.05, 0) is 42.8 Å². The molecule has 0 aliphatic heterocycles. The van der Waals surface area contributed by atoms with Gasteiger partial charge in [0.25, 0.3) is 0 Å². The number of H-pyrrole nitrogens is 2. The molecule has 0 saturated heterocycles. The number of benzene rings is 2. The molecule has 2 amide bonds. The number of aromatic nitrogens is 4. The van der Waals surface area contributed by atoms with Gasteiger partial charge in [-0.15, -0.1) is 0 Å². The van der Waals surface area contributed by atoms with Crippen molar-refractivity contribution in [3.63, 3.8) is 0 Å². The summed E-state index contributed by atoms with van der Waals surface area (Å²) in [7, 11) is 0. The summed E-state index contributed by atoms with van der Waals surface area (Å²) in [5, 5.41) is 11.2. The van der Waals surface area contributed by atoms with Gasteiger partial charge in [0.2, 0.25) is 0 Å². The third-order valence-electron chi connectivity index (χ3n) is 4.38. The van der Waals surface area contributed by atoms with Crippen LogP contribution < -0.4 is 10.6 Å². The van der Waals surface area contributed by atoms with Gasteiger partial charge in [-0.3, -0.25) is 5.10 Å². The van der Waals surface area contributed by atoms with Gasteiger partial charge in [-0.2, -0.15) is 18.3 Å². The number of hydrogen-bond donors (Lipinski definition) is 4. The summed E-state index contributed by atoms with van der Waals surface area (Å²) in [6.45, 7) is 1.89. The Morgan fingerprint density at radius 2 is 1.80 bits per heavy atom. The second-order valence-corrected chi connectivity index (χ2v) is 6.93. The zero-order valence-electron chi connectivity index (χ0n) is 15.4. The Hall–Kier alpha value is -3.53. The van der Waals surface area contributed by atoms with E-state index in [0.29, 0.717) is 17.2 Å². The van der Waals surface area contributed by atoms with E-state index in [1.54, 1.807) is 24.4 Å². The Morgan fingerprint density at radius 3 is 2.50 bits per heavy atom. The van der Waals surface area contributed by atoms with Crippen molar-refractivity contribution in [2.75, 3.05) is 10.6 Å². The molecule has 30 heavy (non-hydrogen) atoms. The zero-order valence-corrected chi connectivity index (χ0v) is 16.1. The molecule has 4 N–H and O–H groups in total. The normalized spacial score (nSPS) is 11.6. The maximum Gasteiger partial charge on any atom is 0.417 e. The Labute approximate surface area is 172 Å². The molecular weight excluding hydrogens is 421 g/mol. The number of hydrogen-bond acceptors (Lipinski definition) is 3. The molecule has 0 spiro atoms. The van der Waals surface area contributed by atoms with Crippen molar-refractivity contribution in [3.8, 4) is 11.4 Å². The average Bonchev–Trinajstić information content (AvgIpc) is 3.26. The highest BCUT2D eigenvalue weighted by Gasteiger charge is 2.33. The van der Waals surface area contributed by atoms with Crippen LogP contribution in [0, 0.1) is 6.92 Å². The minimum absolute atomic E-state index is 0.0376. The average molecular weight is 435 g/mol. The second-order valence-electron chi connectivity index (χ2n) is 6.52. The topological polar surface area (TPSA) is 98.5 Å². The molecule has 0 aliphatic carbocycles. The molecule has 11 heteroatoms. The summed E-state index contributed by atoms with van der Waals surface area (Å²) in [6, 6.07) is 7.64. The van der Waals surface area contributed by atoms with Crippen molar-refractivity contribution >= 4 is 40.2 Å². The number of alkyl halides is 3. The molecule has 4 aromatic rings. The van der Waals surface area contributed by atoms with Crippen LogP contribution in [0.5, 0.6) is 0 Å². The number of halogens is 4. The summed E-state index contributed by atoms with van der Waals surface area (Å²) in [5.74, 6) is 0.590. The zero-order chi connectivity index (χ0) is 21.5. The quantitative estimate of drug-likeness (QED) is 0.339. The molecule has 0 unspecified atom stereocenters. The van der Waals surface area contributed by atoms with E-state index in [4.69, 9.17) is 11.6 Å². The van der Waals surface area contributed by atoms with Gasteiger partial charge in [-0.1, -0.05) is 17.7 Å². The van der Waals surface area contributed by atoms with Crippen molar-refractivity contribution < 1.29 is 18.0 Å². The monoisotopic (exact) mass is 434 g/mol. The maximum atomic E-state index is 13.0. The molecule has 0 fully saturated rings. The first-order valence-electron chi connectivity index (χ1n) is 8.65. The molecule has 2 aromatic heterocycles. The van der Waals surface area contributed by atoms with Crippen LogP contribution in [0.3, 0.4) is 0 Å². The molecule has 0 atom stereocenters. The predicted octanol–water partition coefficient (Wildman–Crippen LogP) is 5.58. The van der Waals surface area contributed by atoms with Gasteiger partial charge in [0.15, 0.2) is 5.65 Å². The predicted molar refractivity (Wildman–Crippen MR) is 108 cm³/mol. The van der Waals surface area contributed by atoms with Crippen molar-refractivity contribution in [3.05, 3.63) is 58.7 Å². The number of fused-ring (bicyclic) bond motifs is 1. The number of rotatable bonds is 3. The standard InChI is InChI=1S/C19H14ClF3N6O/c1-9-2-3-10(6-12(9)16-27-15-8-24-29-17(15)28-16)25-18(30)26-11-4-5-14(20)13(7-11)19(21,22)23/h2-8H,1H3,(H2,25,26,30)(H2,24,27,28,29). The van der Waals surface area contributed by atoms with Crippen molar-refractivity contribution in [1.82, 2.24) is 20.2 Å². The van der Waals surface area contributed by atoms with E-state index in [0.717, 1.165) is 28.8 Å². The highest BCUT2D eigenvalue weighted by molar-refractivity contribution is 6.31. The number of carbonyl (C=O) groups is 1. The van der Waals surface area contributed by atoms with E-state index in [9.17, 15) is 18.0 Å². The van der Waals surface area contributed by atoms with E-state index >= 15 is 0 Å². The Kier molecular flexibility index (Phi) is 4.86. The lowest BCUT2D eigenvalue weighted by Crippen LogP contribution is -2.20. The molecule has 0 radical (unpaired) electrons. The van der Waals surface area contributed by atoms with E-state index < -0.39 is 22.8 Å². The number of anilines is 2. The maximum absolute atomic E-state index is 13.0. The van der Waals surface area contributed by atoms with Crippen LogP contribution in [0.1, 0.15) is 11.1 Å². The fourth-order valence-corrected chi connectivity index (χ4v) is 3.14. The highest BCUT2D eigenvalue weighted by Crippen LogP contribution is 2.36. The largest absolute Gasteiger partial charge is 0.417 e. The Bertz CT molecular complexity index is 1220. The van der Waals surface area contributed by atoms with Crippen molar-refractivity contribution in [2.45, 2.75) is 13.1 Å². The minimum atomic E-state index is -4.63. The molecule has 0 aliphatic rings. The molecule has 4 rings (SSSR count). The van der Waals surface area contributed by atoms with Crippen LogP contribution >= 0.6 is 11.6 Å². The van der Waals surface area contributed by atoms with Crippen LogP contribution in [0.4, 0.5) is 29.3 Å². The number of aromatic amines is 2. The molecular formula is C19H14ClF3N6O. The summed E-state index contributed by atoms with van der Waals surface area (Å²) < 4.78 is 38.9. The summed E-state index contributed by atoms with van der Waals surface area (Å²) in [5.41, 5.74) is 2.39. The third-order valence-corrected chi connectivity index (χ3v) is 4.71. The van der Waals surface area contributed by atoms with Gasteiger partial charge in [0.1, 0.15) is 11.3 Å². The number of carbonyl (C=O) groups excluding carboxylic acids is 1. The Balaban J connectivity index is 1.53. The highest BCUT2D eigenvalue weighted by atomic mass is 35.5. The van der Waals surface area contributed by atoms with Crippen molar-refractivity contribution in [1.29, 1.82) is 0 Å². The first-order chi connectivity index (χ1) is 14.2. The van der Waals surface area contributed by atoms with E-state index in [-0.39, 0.29) is 5.69 Å². The lowest BCUT2D eigenvalue weighted by atomic mass is 10.1. The van der Waals surface area contributed by atoms with Gasteiger partial charge < -0.3 is 15.6 Å². The van der Waals surface area contributed by atoms with Gasteiger partial charge in [-0.25, -0.2) is 9.78 Å². The summed E-state index contributed by atoms with van der Waals surface area (Å²) in [6.07, 6.45) is -3.02. The lowest BCUT2D eigenvalue weighted by molar-refractivity contribution is -0.137. The lowest BCUT2D eigenvalue weighted by Gasteiger charge is -2.13. The van der Waals surface area contributed by atoms with Gasteiger partial charge in [0.05, 0.1) is 16.8 Å². The molecule has 2 heterocycles.